The molecule has 2 aromatic rings. The number of rotatable bonds is 6. The van der Waals surface area contributed by atoms with E-state index in [-0.39, 0.29) is 24.0 Å². The molecule has 0 fully saturated rings. The first kappa shape index (κ1) is 18.3. The molecule has 0 radical (unpaired) electrons. The van der Waals surface area contributed by atoms with Crippen LogP contribution in [-0.4, -0.2) is 24.6 Å². The number of nitrogens with zero attached hydrogens (tertiary/aromatic N) is 2. The molecule has 2 rings (SSSR count). The van der Waals surface area contributed by atoms with Crippen molar-refractivity contribution in [3.8, 4) is 5.88 Å². The van der Waals surface area contributed by atoms with Crippen molar-refractivity contribution in [1.82, 2.24) is 15.6 Å². The zero-order valence-electron chi connectivity index (χ0n) is 12.7. The van der Waals surface area contributed by atoms with Gasteiger partial charge in [-0.2, -0.15) is 0 Å². The number of aliphatic imine (C=N–C) groups is 1. The lowest BCUT2D eigenvalue weighted by atomic mass is 10.3. The van der Waals surface area contributed by atoms with Gasteiger partial charge in [-0.3, -0.25) is 0 Å². The van der Waals surface area contributed by atoms with Crippen molar-refractivity contribution in [3.63, 3.8) is 0 Å². The summed E-state index contributed by atoms with van der Waals surface area (Å²) >= 11 is 0. The third-order valence-electron chi connectivity index (χ3n) is 2.78. The summed E-state index contributed by atoms with van der Waals surface area (Å²) < 4.78 is 10.4. The van der Waals surface area contributed by atoms with E-state index in [4.69, 9.17) is 9.15 Å². The predicted octanol–water partition coefficient (Wildman–Crippen LogP) is 2.56. The van der Waals surface area contributed by atoms with Gasteiger partial charge in [-0.1, -0.05) is 0 Å². The Morgan fingerprint density at radius 3 is 2.91 bits per heavy atom. The molecule has 22 heavy (non-hydrogen) atoms. The average molecular weight is 416 g/mol. The van der Waals surface area contributed by atoms with Crippen LogP contribution in [0, 0.1) is 0 Å². The average Bonchev–Trinajstić information content (AvgIpc) is 3.03. The number of nitrogens with one attached hydrogen (secondary N) is 2. The van der Waals surface area contributed by atoms with Gasteiger partial charge in [0.25, 0.3) is 0 Å². The van der Waals surface area contributed by atoms with Crippen LogP contribution >= 0.6 is 24.0 Å². The predicted molar refractivity (Wildman–Crippen MR) is 96.6 cm³/mol. The van der Waals surface area contributed by atoms with Gasteiger partial charge in [0.2, 0.25) is 5.88 Å². The summed E-state index contributed by atoms with van der Waals surface area (Å²) in [6.07, 6.45) is 3.37. The molecular formula is C15H21IN4O2. The Bertz CT molecular complexity index is 573. The molecule has 2 N–H and O–H groups in total. The lowest BCUT2D eigenvalue weighted by Crippen LogP contribution is -2.36. The number of hydrogen-bond donors (Lipinski definition) is 2. The molecule has 7 heteroatoms. The molecule has 0 aromatic carbocycles. The minimum atomic E-state index is 0. The first-order chi connectivity index (χ1) is 10.3. The molecule has 0 aliphatic carbocycles. The van der Waals surface area contributed by atoms with E-state index in [1.54, 1.807) is 19.6 Å². The minimum Gasteiger partial charge on any atom is -0.481 e. The second-order valence-electron chi connectivity index (χ2n) is 4.33. The highest BCUT2D eigenvalue weighted by Gasteiger charge is 2.01. The third-order valence-corrected chi connectivity index (χ3v) is 2.78. The summed E-state index contributed by atoms with van der Waals surface area (Å²) in [5.74, 6) is 2.20. The Balaban J connectivity index is 0.00000242. The Labute approximate surface area is 147 Å². The molecule has 6 nitrogen and oxygen atoms in total. The molecule has 0 aliphatic rings. The molecule has 0 amide bonds. The van der Waals surface area contributed by atoms with E-state index in [0.717, 1.165) is 23.8 Å². The Morgan fingerprint density at radius 1 is 1.36 bits per heavy atom. The topological polar surface area (TPSA) is 71.7 Å². The minimum absolute atomic E-state index is 0. The molecule has 0 saturated heterocycles. The second kappa shape index (κ2) is 10.0. The first-order valence-corrected chi connectivity index (χ1v) is 6.85. The number of ether oxygens (including phenoxy) is 1. The fourth-order valence-corrected chi connectivity index (χ4v) is 1.76. The van der Waals surface area contributed by atoms with Crippen molar-refractivity contribution in [2.75, 3.05) is 13.7 Å². The number of halogens is 1. The molecular weight excluding hydrogens is 395 g/mol. The van der Waals surface area contributed by atoms with Crippen LogP contribution in [0.1, 0.15) is 18.2 Å². The molecule has 2 heterocycles. The number of pyridine rings is 1. The summed E-state index contributed by atoms with van der Waals surface area (Å²) in [6.45, 7) is 3.97. The standard InChI is InChI=1S/C15H20N4O2.HI/c1-3-16-15(19-11-13-5-4-8-21-13)18-10-12-6-7-17-14(9-12)20-2;/h4-9H,3,10-11H2,1-2H3,(H2,16,18,19);1H. The van der Waals surface area contributed by atoms with Gasteiger partial charge in [-0.05, 0) is 30.7 Å². The summed E-state index contributed by atoms with van der Waals surface area (Å²) in [5.41, 5.74) is 1.04. The highest BCUT2D eigenvalue weighted by molar-refractivity contribution is 14.0. The number of methoxy groups -OCH3 is 1. The van der Waals surface area contributed by atoms with Gasteiger partial charge in [-0.15, -0.1) is 24.0 Å². The Hall–Kier alpha value is -1.77. The quantitative estimate of drug-likeness (QED) is 0.430. The normalized spacial score (nSPS) is 10.7. The molecule has 0 saturated carbocycles. The Morgan fingerprint density at radius 2 is 2.23 bits per heavy atom. The molecule has 0 atom stereocenters. The van der Waals surface area contributed by atoms with E-state index in [1.165, 1.54) is 0 Å². The lowest BCUT2D eigenvalue weighted by molar-refractivity contribution is 0.397. The first-order valence-electron chi connectivity index (χ1n) is 6.85. The van der Waals surface area contributed by atoms with Gasteiger partial charge >= 0.3 is 0 Å². The highest BCUT2D eigenvalue weighted by Crippen LogP contribution is 2.09. The van der Waals surface area contributed by atoms with Gasteiger partial charge in [0.15, 0.2) is 5.96 Å². The lowest BCUT2D eigenvalue weighted by Gasteiger charge is -2.10. The van der Waals surface area contributed by atoms with Gasteiger partial charge in [0.1, 0.15) is 5.76 Å². The summed E-state index contributed by atoms with van der Waals surface area (Å²) in [5, 5.41) is 6.41. The molecule has 120 valence electrons. The fraction of sp³-hybridized carbons (Fsp3) is 0.333. The van der Waals surface area contributed by atoms with E-state index < -0.39 is 0 Å². The van der Waals surface area contributed by atoms with Crippen LogP contribution in [-0.2, 0) is 13.1 Å². The van der Waals surface area contributed by atoms with Crippen LogP contribution < -0.4 is 15.4 Å². The number of aromatic nitrogens is 1. The summed E-state index contributed by atoms with van der Waals surface area (Å²) in [4.78, 5) is 8.61. The van der Waals surface area contributed by atoms with Gasteiger partial charge in [0.05, 0.1) is 26.5 Å². The van der Waals surface area contributed by atoms with E-state index in [0.29, 0.717) is 19.0 Å². The van der Waals surface area contributed by atoms with E-state index >= 15 is 0 Å². The van der Waals surface area contributed by atoms with Crippen LogP contribution in [0.15, 0.2) is 46.1 Å². The van der Waals surface area contributed by atoms with Crippen molar-refractivity contribution in [1.29, 1.82) is 0 Å². The molecule has 0 unspecified atom stereocenters. The highest BCUT2D eigenvalue weighted by atomic mass is 127. The van der Waals surface area contributed by atoms with Crippen molar-refractivity contribution >= 4 is 29.9 Å². The van der Waals surface area contributed by atoms with Crippen LogP contribution in [0.4, 0.5) is 0 Å². The zero-order chi connectivity index (χ0) is 14.9. The van der Waals surface area contributed by atoms with Gasteiger partial charge in [-0.25, -0.2) is 9.98 Å². The maximum atomic E-state index is 5.29. The molecule has 0 bridgehead atoms. The fourth-order valence-electron chi connectivity index (χ4n) is 1.76. The van der Waals surface area contributed by atoms with Crippen molar-refractivity contribution in [3.05, 3.63) is 48.0 Å². The van der Waals surface area contributed by atoms with Crippen molar-refractivity contribution in [2.24, 2.45) is 4.99 Å². The maximum absolute atomic E-state index is 5.29. The van der Waals surface area contributed by atoms with Gasteiger partial charge in [0, 0.05) is 18.8 Å². The second-order valence-corrected chi connectivity index (χ2v) is 4.33. The van der Waals surface area contributed by atoms with Gasteiger partial charge < -0.3 is 19.8 Å². The maximum Gasteiger partial charge on any atom is 0.213 e. The Kier molecular flexibility index (Phi) is 8.34. The number of hydrogen-bond acceptors (Lipinski definition) is 4. The molecule has 2 aromatic heterocycles. The SMILES string of the molecule is CCNC(=NCc1ccnc(OC)c1)NCc1ccco1.I. The van der Waals surface area contributed by atoms with Crippen LogP contribution in [0.2, 0.25) is 0 Å². The van der Waals surface area contributed by atoms with Crippen LogP contribution in [0.5, 0.6) is 5.88 Å². The largest absolute Gasteiger partial charge is 0.481 e. The van der Waals surface area contributed by atoms with E-state index in [1.807, 2.05) is 31.2 Å². The van der Waals surface area contributed by atoms with E-state index in [9.17, 15) is 0 Å². The summed E-state index contributed by atoms with van der Waals surface area (Å²) in [6, 6.07) is 7.58. The molecule has 0 spiro atoms. The summed E-state index contributed by atoms with van der Waals surface area (Å²) in [7, 11) is 1.60. The molecule has 0 aliphatic heterocycles. The van der Waals surface area contributed by atoms with Crippen molar-refractivity contribution < 1.29 is 9.15 Å². The monoisotopic (exact) mass is 416 g/mol. The zero-order valence-corrected chi connectivity index (χ0v) is 15.0. The number of guanidine groups is 1. The van der Waals surface area contributed by atoms with Crippen LogP contribution in [0.3, 0.4) is 0 Å². The van der Waals surface area contributed by atoms with E-state index in [2.05, 4.69) is 20.6 Å². The third kappa shape index (κ3) is 5.92. The van der Waals surface area contributed by atoms with Crippen LogP contribution in [0.25, 0.3) is 0 Å². The number of furan rings is 1. The smallest absolute Gasteiger partial charge is 0.213 e. The van der Waals surface area contributed by atoms with Crippen molar-refractivity contribution in [2.45, 2.75) is 20.0 Å².